The molecule has 0 saturated carbocycles. The molecular formula is C15H13N3O6-2. The van der Waals surface area contributed by atoms with Crippen molar-refractivity contribution in [3.05, 3.63) is 40.9 Å². The Morgan fingerprint density at radius 2 is 1.92 bits per heavy atom. The normalized spacial score (nSPS) is 13.2. The first-order valence-corrected chi connectivity index (χ1v) is 6.98. The number of carboxylic acid groups (broad SMARTS) is 2. The van der Waals surface area contributed by atoms with E-state index in [1.807, 2.05) is 5.32 Å². The molecular weight excluding hydrogens is 318 g/mol. The summed E-state index contributed by atoms with van der Waals surface area (Å²) in [6.45, 7) is 1.36. The van der Waals surface area contributed by atoms with E-state index in [1.165, 1.54) is 13.3 Å². The standard InChI is InChI=1S/C15H15N3O6/c1-8(13(21)17-11(15(23)24)6-12(19)20)18-7-16-10-5-3-2-4-9(10)14(18)22/h2-5,7-8,11H,6H2,1H3,(H,17,21)(H,19,20)(H,23,24)/p-2/t8-,11-/m0/s1. The Labute approximate surface area is 135 Å². The molecule has 1 aromatic heterocycles. The van der Waals surface area contributed by atoms with E-state index in [4.69, 9.17) is 0 Å². The summed E-state index contributed by atoms with van der Waals surface area (Å²) < 4.78 is 1.03. The molecule has 0 saturated heterocycles. The Morgan fingerprint density at radius 3 is 2.54 bits per heavy atom. The van der Waals surface area contributed by atoms with Crippen LogP contribution in [0.5, 0.6) is 0 Å². The maximum absolute atomic E-state index is 12.4. The number of para-hydroxylation sites is 1. The van der Waals surface area contributed by atoms with E-state index in [1.54, 1.807) is 24.3 Å². The van der Waals surface area contributed by atoms with E-state index in [2.05, 4.69) is 4.98 Å². The zero-order chi connectivity index (χ0) is 17.9. The van der Waals surface area contributed by atoms with Gasteiger partial charge in [0, 0.05) is 12.4 Å². The highest BCUT2D eigenvalue weighted by Gasteiger charge is 2.21. The molecule has 1 heterocycles. The van der Waals surface area contributed by atoms with Crippen molar-refractivity contribution in [2.45, 2.75) is 25.4 Å². The Hall–Kier alpha value is -3.23. The third-order valence-corrected chi connectivity index (χ3v) is 3.46. The molecule has 0 fully saturated rings. The monoisotopic (exact) mass is 331 g/mol. The molecule has 2 rings (SSSR count). The Morgan fingerprint density at radius 1 is 1.25 bits per heavy atom. The van der Waals surface area contributed by atoms with Gasteiger partial charge in [-0.1, -0.05) is 12.1 Å². The summed E-state index contributed by atoms with van der Waals surface area (Å²) in [4.78, 5) is 50.0. The van der Waals surface area contributed by atoms with Crippen molar-refractivity contribution < 1.29 is 24.6 Å². The molecule has 1 aromatic carbocycles. The summed E-state index contributed by atoms with van der Waals surface area (Å²) in [5.41, 5.74) is -0.0240. The van der Waals surface area contributed by atoms with Gasteiger partial charge in [0.2, 0.25) is 5.91 Å². The molecule has 9 nitrogen and oxygen atoms in total. The number of nitrogens with zero attached hydrogens (tertiary/aromatic N) is 2. The van der Waals surface area contributed by atoms with Crippen molar-refractivity contribution in [3.63, 3.8) is 0 Å². The van der Waals surface area contributed by atoms with Gasteiger partial charge in [-0.05, 0) is 19.1 Å². The van der Waals surface area contributed by atoms with E-state index in [0.717, 1.165) is 4.57 Å². The quantitative estimate of drug-likeness (QED) is 0.608. The van der Waals surface area contributed by atoms with Gasteiger partial charge in [0.15, 0.2) is 0 Å². The van der Waals surface area contributed by atoms with Gasteiger partial charge >= 0.3 is 0 Å². The van der Waals surface area contributed by atoms with Crippen molar-refractivity contribution in [1.29, 1.82) is 0 Å². The first kappa shape index (κ1) is 17.1. The Balaban J connectivity index is 2.27. The number of aliphatic carboxylic acids is 2. The summed E-state index contributed by atoms with van der Waals surface area (Å²) >= 11 is 0. The highest BCUT2D eigenvalue weighted by molar-refractivity contribution is 5.87. The van der Waals surface area contributed by atoms with E-state index in [0.29, 0.717) is 10.9 Å². The van der Waals surface area contributed by atoms with Gasteiger partial charge in [0.1, 0.15) is 6.04 Å². The number of hydrogen-bond donors (Lipinski definition) is 1. The van der Waals surface area contributed by atoms with Crippen LogP contribution >= 0.6 is 0 Å². The number of carbonyl (C=O) groups excluding carboxylic acids is 3. The van der Waals surface area contributed by atoms with Gasteiger partial charge < -0.3 is 25.1 Å². The average molecular weight is 331 g/mol. The minimum Gasteiger partial charge on any atom is -0.550 e. The molecule has 126 valence electrons. The summed E-state index contributed by atoms with van der Waals surface area (Å²) in [5.74, 6) is -4.27. The van der Waals surface area contributed by atoms with E-state index < -0.39 is 41.9 Å². The van der Waals surface area contributed by atoms with Crippen LogP contribution in [0.4, 0.5) is 0 Å². The average Bonchev–Trinajstić information content (AvgIpc) is 2.53. The summed E-state index contributed by atoms with van der Waals surface area (Å²) in [6, 6.07) is 3.68. The highest BCUT2D eigenvalue weighted by atomic mass is 16.4. The van der Waals surface area contributed by atoms with Gasteiger partial charge in [-0.3, -0.25) is 14.2 Å². The molecule has 24 heavy (non-hydrogen) atoms. The molecule has 1 N–H and O–H groups in total. The molecule has 0 unspecified atom stereocenters. The molecule has 1 amide bonds. The summed E-state index contributed by atoms with van der Waals surface area (Å²) in [6.07, 6.45) is 0.230. The van der Waals surface area contributed by atoms with Gasteiger partial charge in [-0.25, -0.2) is 4.98 Å². The zero-order valence-corrected chi connectivity index (χ0v) is 12.6. The number of carbonyl (C=O) groups is 3. The largest absolute Gasteiger partial charge is 0.550 e. The first-order chi connectivity index (χ1) is 11.3. The number of rotatable bonds is 6. The fourth-order valence-electron chi connectivity index (χ4n) is 2.14. The van der Waals surface area contributed by atoms with Gasteiger partial charge in [-0.15, -0.1) is 0 Å². The number of carboxylic acids is 2. The van der Waals surface area contributed by atoms with Crippen LogP contribution in [0.3, 0.4) is 0 Å². The lowest BCUT2D eigenvalue weighted by Crippen LogP contribution is -2.52. The lowest BCUT2D eigenvalue weighted by molar-refractivity contribution is -0.317. The van der Waals surface area contributed by atoms with Gasteiger partial charge in [-0.2, -0.15) is 0 Å². The molecule has 0 aliphatic rings. The molecule has 0 spiro atoms. The van der Waals surface area contributed by atoms with Crippen LogP contribution in [0.15, 0.2) is 35.4 Å². The maximum atomic E-state index is 12.4. The Kier molecular flexibility index (Phi) is 4.93. The highest BCUT2D eigenvalue weighted by Crippen LogP contribution is 2.09. The van der Waals surface area contributed by atoms with E-state index in [9.17, 15) is 29.4 Å². The fraction of sp³-hybridized carbons (Fsp3) is 0.267. The number of hydrogen-bond acceptors (Lipinski definition) is 7. The number of aromatic nitrogens is 2. The smallest absolute Gasteiger partial charge is 0.261 e. The van der Waals surface area contributed by atoms with Crippen molar-refractivity contribution >= 4 is 28.7 Å². The predicted octanol–water partition coefficient (Wildman–Crippen LogP) is -2.67. The van der Waals surface area contributed by atoms with Crippen LogP contribution < -0.4 is 21.1 Å². The topological polar surface area (TPSA) is 144 Å². The van der Waals surface area contributed by atoms with Crippen molar-refractivity contribution in [2.75, 3.05) is 0 Å². The minimum atomic E-state index is -1.76. The molecule has 9 heteroatoms. The fourth-order valence-corrected chi connectivity index (χ4v) is 2.14. The number of amides is 1. The van der Waals surface area contributed by atoms with Crippen LogP contribution in [0.25, 0.3) is 10.9 Å². The van der Waals surface area contributed by atoms with Crippen molar-refractivity contribution in [1.82, 2.24) is 14.9 Å². The maximum Gasteiger partial charge on any atom is 0.261 e. The van der Waals surface area contributed by atoms with Gasteiger partial charge in [0.25, 0.3) is 5.56 Å². The summed E-state index contributed by atoms with van der Waals surface area (Å²) in [7, 11) is 0. The first-order valence-electron chi connectivity index (χ1n) is 6.98. The van der Waals surface area contributed by atoms with E-state index in [-0.39, 0.29) is 0 Å². The molecule has 2 aromatic rings. The number of fused-ring (bicyclic) bond motifs is 1. The predicted molar refractivity (Wildman–Crippen MR) is 77.3 cm³/mol. The summed E-state index contributed by atoms with van der Waals surface area (Å²) in [5, 5.41) is 23.7. The van der Waals surface area contributed by atoms with Crippen LogP contribution in [0.1, 0.15) is 19.4 Å². The number of benzene rings is 1. The van der Waals surface area contributed by atoms with Gasteiger partial charge in [0.05, 0.1) is 29.2 Å². The lowest BCUT2D eigenvalue weighted by atomic mass is 10.2. The van der Waals surface area contributed by atoms with Crippen molar-refractivity contribution in [3.8, 4) is 0 Å². The molecule has 0 radical (unpaired) electrons. The van der Waals surface area contributed by atoms with Crippen LogP contribution in [-0.4, -0.2) is 33.4 Å². The second-order valence-electron chi connectivity index (χ2n) is 5.11. The van der Waals surface area contributed by atoms with E-state index >= 15 is 0 Å². The zero-order valence-electron chi connectivity index (χ0n) is 12.6. The second-order valence-corrected chi connectivity index (χ2v) is 5.11. The minimum absolute atomic E-state index is 0.297. The number of nitrogens with one attached hydrogen (secondary N) is 1. The van der Waals surface area contributed by atoms with Crippen LogP contribution in [0.2, 0.25) is 0 Å². The van der Waals surface area contributed by atoms with Crippen LogP contribution in [0, 0.1) is 0 Å². The molecule has 0 aliphatic carbocycles. The van der Waals surface area contributed by atoms with Crippen molar-refractivity contribution in [2.24, 2.45) is 0 Å². The molecule has 2 atom stereocenters. The third kappa shape index (κ3) is 3.57. The third-order valence-electron chi connectivity index (χ3n) is 3.46. The SMILES string of the molecule is C[C@@H](C(=O)N[C@@H](CC(=O)[O-])C(=O)[O-])n1cnc2ccccc2c1=O. The molecule has 0 bridgehead atoms. The lowest BCUT2D eigenvalue weighted by Gasteiger charge is -2.23. The molecule has 0 aliphatic heterocycles. The second kappa shape index (κ2) is 6.90. The van der Waals surface area contributed by atoms with Crippen LogP contribution in [-0.2, 0) is 14.4 Å². The Bertz CT molecular complexity index is 860.